The monoisotopic (exact) mass is 472 g/mol. The Kier molecular flexibility index (Phi) is 6.89. The highest BCUT2D eigenvalue weighted by Crippen LogP contribution is 2.25. The summed E-state index contributed by atoms with van der Waals surface area (Å²) in [7, 11) is -3.48. The number of rotatable bonds is 8. The molecule has 0 aliphatic carbocycles. The van der Waals surface area contributed by atoms with Crippen LogP contribution in [0.2, 0.25) is 0 Å². The van der Waals surface area contributed by atoms with Crippen LogP contribution >= 0.6 is 0 Å². The van der Waals surface area contributed by atoms with E-state index in [2.05, 4.69) is 10.0 Å². The zero-order valence-electron chi connectivity index (χ0n) is 18.5. The number of carbonyl (C=O) groups is 1. The van der Waals surface area contributed by atoms with E-state index in [1.54, 1.807) is 30.3 Å². The molecule has 1 amide bonds. The van der Waals surface area contributed by atoms with Gasteiger partial charge in [-0.3, -0.25) is 14.2 Å². The van der Waals surface area contributed by atoms with Gasteiger partial charge in [-0.1, -0.05) is 72.8 Å². The molecule has 4 aromatic rings. The first-order valence-corrected chi connectivity index (χ1v) is 12.5. The van der Waals surface area contributed by atoms with Crippen molar-refractivity contribution < 1.29 is 13.2 Å². The van der Waals surface area contributed by atoms with Crippen molar-refractivity contribution in [1.29, 1.82) is 0 Å². The van der Waals surface area contributed by atoms with Crippen LogP contribution in [0, 0.1) is 0 Å². The second-order valence-corrected chi connectivity index (χ2v) is 9.47. The minimum Gasteiger partial charge on any atom is -0.321 e. The second kappa shape index (κ2) is 10.2. The molecular formula is C26H24N4O3S. The lowest BCUT2D eigenvalue weighted by molar-refractivity contribution is -0.111. The Bertz CT molecular complexity index is 1410. The van der Waals surface area contributed by atoms with Crippen LogP contribution in [0.5, 0.6) is 0 Å². The van der Waals surface area contributed by atoms with Gasteiger partial charge in [0.25, 0.3) is 0 Å². The summed E-state index contributed by atoms with van der Waals surface area (Å²) < 4.78 is 27.5. The molecule has 0 fully saturated rings. The van der Waals surface area contributed by atoms with Crippen LogP contribution in [0.1, 0.15) is 11.1 Å². The number of hydrogen-bond donors (Lipinski definition) is 2. The Labute approximate surface area is 198 Å². The van der Waals surface area contributed by atoms with Gasteiger partial charge in [-0.15, -0.1) is 0 Å². The van der Waals surface area contributed by atoms with E-state index in [1.807, 2.05) is 71.5 Å². The Hall–Kier alpha value is -4.17. The first kappa shape index (κ1) is 23.0. The predicted octanol–water partition coefficient (Wildman–Crippen LogP) is 4.62. The van der Waals surface area contributed by atoms with Crippen molar-refractivity contribution in [2.75, 3.05) is 16.3 Å². The van der Waals surface area contributed by atoms with Gasteiger partial charge < -0.3 is 5.32 Å². The van der Waals surface area contributed by atoms with Gasteiger partial charge in [-0.25, -0.2) is 8.42 Å². The number of hydrogen-bond acceptors (Lipinski definition) is 4. The third-order valence-electron chi connectivity index (χ3n) is 4.92. The van der Waals surface area contributed by atoms with Gasteiger partial charge in [0.15, 0.2) is 0 Å². The number of anilines is 2. The van der Waals surface area contributed by atoms with E-state index in [0.29, 0.717) is 17.9 Å². The molecule has 3 aromatic carbocycles. The van der Waals surface area contributed by atoms with E-state index < -0.39 is 15.9 Å². The van der Waals surface area contributed by atoms with Crippen LogP contribution in [-0.2, 0) is 21.4 Å². The Morgan fingerprint density at radius 2 is 1.53 bits per heavy atom. The Morgan fingerprint density at radius 1 is 0.912 bits per heavy atom. The lowest BCUT2D eigenvalue weighted by Gasteiger charge is -2.10. The molecule has 172 valence electrons. The molecular weight excluding hydrogens is 448 g/mol. The minimum absolute atomic E-state index is 0.299. The van der Waals surface area contributed by atoms with E-state index >= 15 is 0 Å². The Morgan fingerprint density at radius 3 is 2.21 bits per heavy atom. The van der Waals surface area contributed by atoms with E-state index in [-0.39, 0.29) is 0 Å². The average molecular weight is 473 g/mol. The fraction of sp³-hybridized carbons (Fsp3) is 0.0769. The molecule has 4 rings (SSSR count). The lowest BCUT2D eigenvalue weighted by Crippen LogP contribution is -2.14. The highest BCUT2D eigenvalue weighted by molar-refractivity contribution is 7.92. The molecule has 0 atom stereocenters. The van der Waals surface area contributed by atoms with Crippen LogP contribution in [0.25, 0.3) is 17.3 Å². The van der Waals surface area contributed by atoms with E-state index in [9.17, 15) is 13.2 Å². The van der Waals surface area contributed by atoms with Crippen molar-refractivity contribution in [2.45, 2.75) is 6.54 Å². The first-order valence-electron chi connectivity index (χ1n) is 10.6. The number of benzene rings is 3. The fourth-order valence-electron chi connectivity index (χ4n) is 3.45. The van der Waals surface area contributed by atoms with Crippen LogP contribution in [0.4, 0.5) is 11.4 Å². The molecule has 34 heavy (non-hydrogen) atoms. The van der Waals surface area contributed by atoms with Crippen molar-refractivity contribution in [3.05, 3.63) is 108 Å². The largest absolute Gasteiger partial charge is 0.321 e. The molecule has 7 nitrogen and oxygen atoms in total. The number of para-hydroxylation sites is 2. The highest BCUT2D eigenvalue weighted by atomic mass is 32.2. The smallest absolute Gasteiger partial charge is 0.248 e. The molecule has 0 saturated heterocycles. The van der Waals surface area contributed by atoms with Crippen LogP contribution in [0.3, 0.4) is 0 Å². The maximum absolute atomic E-state index is 12.6. The number of sulfonamides is 1. The molecule has 0 spiro atoms. The molecule has 0 aliphatic rings. The minimum atomic E-state index is -3.48. The fourth-order valence-corrected chi connectivity index (χ4v) is 4.03. The molecule has 0 unspecified atom stereocenters. The van der Waals surface area contributed by atoms with E-state index in [4.69, 9.17) is 5.10 Å². The summed E-state index contributed by atoms with van der Waals surface area (Å²) in [5.74, 6) is -0.391. The summed E-state index contributed by atoms with van der Waals surface area (Å²) in [5, 5.41) is 7.48. The summed E-state index contributed by atoms with van der Waals surface area (Å²) in [5.41, 5.74) is 4.28. The van der Waals surface area contributed by atoms with Gasteiger partial charge in [0.2, 0.25) is 15.9 Å². The SMILES string of the molecule is CS(=O)(=O)Nc1ccccc1NC(=O)/C=C/c1cn(Cc2ccccc2)nc1-c1ccccc1. The molecule has 1 heterocycles. The zero-order chi connectivity index (χ0) is 24.0. The standard InChI is InChI=1S/C26H24N4O3S/c1-34(32,33)29-24-15-9-8-14-23(24)27-25(31)17-16-22-19-30(18-20-10-4-2-5-11-20)28-26(22)21-12-6-3-7-13-21/h2-17,19,29H,18H2,1H3,(H,27,31)/b17-16+. The molecule has 8 heteroatoms. The topological polar surface area (TPSA) is 93.1 Å². The molecule has 0 saturated carbocycles. The van der Waals surface area contributed by atoms with Gasteiger partial charge in [-0.05, 0) is 23.8 Å². The normalized spacial score (nSPS) is 11.4. The predicted molar refractivity (Wildman–Crippen MR) is 136 cm³/mol. The number of carbonyl (C=O) groups excluding carboxylic acids is 1. The summed E-state index contributed by atoms with van der Waals surface area (Å²) in [6.07, 6.45) is 6.08. The van der Waals surface area contributed by atoms with Crippen molar-refractivity contribution in [2.24, 2.45) is 0 Å². The number of nitrogens with one attached hydrogen (secondary N) is 2. The average Bonchev–Trinajstić information content (AvgIpc) is 3.22. The van der Waals surface area contributed by atoms with Crippen molar-refractivity contribution in [1.82, 2.24) is 9.78 Å². The van der Waals surface area contributed by atoms with E-state index in [0.717, 1.165) is 28.6 Å². The zero-order valence-corrected chi connectivity index (χ0v) is 19.4. The van der Waals surface area contributed by atoms with Crippen LogP contribution in [-0.4, -0.2) is 30.4 Å². The van der Waals surface area contributed by atoms with Gasteiger partial charge in [0.1, 0.15) is 0 Å². The summed E-state index contributed by atoms with van der Waals surface area (Å²) in [6, 6.07) is 26.4. The number of aromatic nitrogens is 2. The van der Waals surface area contributed by atoms with Gasteiger partial charge in [-0.2, -0.15) is 5.10 Å². The molecule has 0 radical (unpaired) electrons. The Balaban J connectivity index is 1.58. The third kappa shape index (κ3) is 6.20. The molecule has 1 aromatic heterocycles. The number of nitrogens with zero attached hydrogens (tertiary/aromatic N) is 2. The van der Waals surface area contributed by atoms with E-state index in [1.165, 1.54) is 6.08 Å². The van der Waals surface area contributed by atoms with Gasteiger partial charge in [0.05, 0.1) is 29.9 Å². The molecule has 0 bridgehead atoms. The third-order valence-corrected chi connectivity index (χ3v) is 5.51. The van der Waals surface area contributed by atoms with Crippen LogP contribution in [0.15, 0.2) is 97.2 Å². The summed E-state index contributed by atoms with van der Waals surface area (Å²) >= 11 is 0. The number of amides is 1. The molecule has 2 N–H and O–H groups in total. The second-order valence-electron chi connectivity index (χ2n) is 7.72. The van der Waals surface area contributed by atoms with Gasteiger partial charge >= 0.3 is 0 Å². The van der Waals surface area contributed by atoms with Crippen molar-refractivity contribution in [3.63, 3.8) is 0 Å². The van der Waals surface area contributed by atoms with Crippen LogP contribution < -0.4 is 10.0 Å². The van der Waals surface area contributed by atoms with Crippen molar-refractivity contribution >= 4 is 33.4 Å². The summed E-state index contributed by atoms with van der Waals surface area (Å²) in [4.78, 5) is 12.6. The molecule has 0 aliphatic heterocycles. The first-order chi connectivity index (χ1) is 16.4. The van der Waals surface area contributed by atoms with Crippen molar-refractivity contribution in [3.8, 4) is 11.3 Å². The maximum Gasteiger partial charge on any atom is 0.248 e. The quantitative estimate of drug-likeness (QED) is 0.366. The summed E-state index contributed by atoms with van der Waals surface area (Å²) in [6.45, 7) is 0.602. The lowest BCUT2D eigenvalue weighted by atomic mass is 10.1. The maximum atomic E-state index is 12.6. The van der Waals surface area contributed by atoms with Gasteiger partial charge in [0, 0.05) is 23.4 Å². The highest BCUT2D eigenvalue weighted by Gasteiger charge is 2.11.